The third-order valence-corrected chi connectivity index (χ3v) is 5.56. The van der Waals surface area contributed by atoms with Crippen molar-refractivity contribution in [2.24, 2.45) is 0 Å². The Kier molecular flexibility index (Phi) is 6.28. The van der Waals surface area contributed by atoms with Crippen LogP contribution >= 0.6 is 15.9 Å². The number of carbonyl (C=O) groups excluding carboxylic acids is 2. The first-order valence-corrected chi connectivity index (χ1v) is 10.7. The van der Waals surface area contributed by atoms with Crippen LogP contribution in [0.2, 0.25) is 0 Å². The van der Waals surface area contributed by atoms with Crippen LogP contribution in [-0.4, -0.2) is 24.0 Å². The molecule has 3 aromatic carbocycles. The molecule has 4 rings (SSSR count). The maximum absolute atomic E-state index is 13.4. The minimum Gasteiger partial charge on any atom is -0.497 e. The number of hydrogen-bond donors (Lipinski definition) is 1. The molecule has 1 aliphatic rings. The third kappa shape index (κ3) is 4.53. The smallest absolute Gasteiger partial charge is 0.308 e. The Labute approximate surface area is 194 Å². The Bertz CT molecular complexity index is 1180. The first kappa shape index (κ1) is 21.6. The number of hydrazine groups is 1. The Morgan fingerprint density at radius 1 is 1.00 bits per heavy atom. The summed E-state index contributed by atoms with van der Waals surface area (Å²) in [7, 11) is 1.55. The van der Waals surface area contributed by atoms with Crippen LogP contribution in [0.4, 0.5) is 0 Å². The normalized spacial score (nSPS) is 15.0. The number of rotatable bonds is 5. The van der Waals surface area contributed by atoms with Gasteiger partial charge in [-0.05, 0) is 48.0 Å². The molecule has 6 nitrogen and oxygen atoms in total. The van der Waals surface area contributed by atoms with Crippen molar-refractivity contribution in [3.05, 3.63) is 100 Å². The second-order valence-corrected chi connectivity index (χ2v) is 8.10. The van der Waals surface area contributed by atoms with Gasteiger partial charge in [-0.25, -0.2) is 5.01 Å². The fraction of sp³-hybridized carbons (Fsp3) is 0.120. The van der Waals surface area contributed by atoms with Gasteiger partial charge in [-0.15, -0.1) is 0 Å². The van der Waals surface area contributed by atoms with Crippen molar-refractivity contribution < 1.29 is 19.1 Å². The zero-order valence-electron chi connectivity index (χ0n) is 17.5. The van der Waals surface area contributed by atoms with Crippen LogP contribution in [0, 0.1) is 0 Å². The molecule has 0 radical (unpaired) electrons. The number of esters is 1. The molecule has 7 heteroatoms. The average Bonchev–Trinajstić information content (AvgIpc) is 3.24. The molecule has 0 aromatic heterocycles. The van der Waals surface area contributed by atoms with Crippen molar-refractivity contribution in [1.29, 1.82) is 0 Å². The Hall–Kier alpha value is -3.58. The summed E-state index contributed by atoms with van der Waals surface area (Å²) in [6, 6.07) is 21.7. The minimum atomic E-state index is -0.445. The number of benzene rings is 3. The van der Waals surface area contributed by atoms with Crippen molar-refractivity contribution in [2.45, 2.75) is 13.0 Å². The van der Waals surface area contributed by atoms with Gasteiger partial charge in [0.2, 0.25) is 0 Å². The summed E-state index contributed by atoms with van der Waals surface area (Å²) in [5, 5.41) is 1.58. The Morgan fingerprint density at radius 3 is 2.38 bits per heavy atom. The summed E-state index contributed by atoms with van der Waals surface area (Å²) in [6.07, 6.45) is 1.94. The molecule has 1 N–H and O–H groups in total. The van der Waals surface area contributed by atoms with E-state index in [9.17, 15) is 9.59 Å². The summed E-state index contributed by atoms with van der Waals surface area (Å²) in [5.41, 5.74) is 6.01. The minimum absolute atomic E-state index is 0.174. The summed E-state index contributed by atoms with van der Waals surface area (Å²) in [6.45, 7) is 1.34. The highest BCUT2D eigenvalue weighted by Crippen LogP contribution is 2.37. The van der Waals surface area contributed by atoms with Gasteiger partial charge < -0.3 is 9.47 Å². The summed E-state index contributed by atoms with van der Waals surface area (Å²) >= 11 is 3.46. The molecule has 0 spiro atoms. The highest BCUT2D eigenvalue weighted by Gasteiger charge is 2.32. The predicted molar refractivity (Wildman–Crippen MR) is 125 cm³/mol. The highest BCUT2D eigenvalue weighted by atomic mass is 79.9. The molecule has 0 fully saturated rings. The monoisotopic (exact) mass is 492 g/mol. The standard InChI is InChI=1S/C25H21BrN2O4/c1-16(29)32-24-14-20(31-2)12-13-21(24)22-15-23(17-8-10-19(26)11-9-17)28(27-22)25(30)18-6-4-3-5-7-18/h3-15,23,27H,1-2H3/t23-/m0/s1. The third-order valence-electron chi connectivity index (χ3n) is 5.03. The zero-order chi connectivity index (χ0) is 22.7. The molecule has 1 heterocycles. The van der Waals surface area contributed by atoms with Gasteiger partial charge in [0.1, 0.15) is 11.5 Å². The number of nitrogens with one attached hydrogen (secondary N) is 1. The van der Waals surface area contributed by atoms with Crippen LogP contribution in [0.15, 0.2) is 83.3 Å². The van der Waals surface area contributed by atoms with E-state index < -0.39 is 5.97 Å². The van der Waals surface area contributed by atoms with Crippen LogP contribution in [0.25, 0.3) is 5.70 Å². The predicted octanol–water partition coefficient (Wildman–Crippen LogP) is 5.13. The fourth-order valence-corrected chi connectivity index (χ4v) is 3.78. The maximum Gasteiger partial charge on any atom is 0.308 e. The Morgan fingerprint density at radius 2 is 1.72 bits per heavy atom. The van der Waals surface area contributed by atoms with Crippen molar-refractivity contribution in [3.63, 3.8) is 0 Å². The molecule has 0 saturated carbocycles. The second kappa shape index (κ2) is 9.28. The SMILES string of the molecule is COc1ccc(C2=C[C@@H](c3ccc(Br)cc3)N(C(=O)c3ccccc3)N2)c(OC(C)=O)c1. The largest absolute Gasteiger partial charge is 0.497 e. The van der Waals surface area contributed by atoms with E-state index in [1.807, 2.05) is 48.5 Å². The number of ether oxygens (including phenoxy) is 2. The van der Waals surface area contributed by atoms with Gasteiger partial charge in [0.05, 0.1) is 18.8 Å². The van der Waals surface area contributed by atoms with E-state index in [4.69, 9.17) is 9.47 Å². The van der Waals surface area contributed by atoms with Crippen LogP contribution in [0.5, 0.6) is 11.5 Å². The first-order valence-electron chi connectivity index (χ1n) is 9.95. The van der Waals surface area contributed by atoms with E-state index in [-0.39, 0.29) is 11.9 Å². The molecule has 162 valence electrons. The molecule has 1 atom stereocenters. The second-order valence-electron chi connectivity index (χ2n) is 7.19. The van der Waals surface area contributed by atoms with E-state index in [2.05, 4.69) is 21.4 Å². The summed E-state index contributed by atoms with van der Waals surface area (Å²) < 4.78 is 11.6. The van der Waals surface area contributed by atoms with Crippen molar-refractivity contribution in [1.82, 2.24) is 10.4 Å². The molecule has 1 aliphatic heterocycles. The van der Waals surface area contributed by atoms with Crippen molar-refractivity contribution in [3.8, 4) is 11.5 Å². The fourth-order valence-electron chi connectivity index (χ4n) is 3.51. The van der Waals surface area contributed by atoms with Crippen LogP contribution in [0.1, 0.15) is 34.5 Å². The summed E-state index contributed by atoms with van der Waals surface area (Å²) in [5.74, 6) is 0.288. The van der Waals surface area contributed by atoms with E-state index in [1.54, 1.807) is 42.5 Å². The zero-order valence-corrected chi connectivity index (χ0v) is 19.1. The van der Waals surface area contributed by atoms with Gasteiger partial charge >= 0.3 is 5.97 Å². The number of amides is 1. The lowest BCUT2D eigenvalue weighted by atomic mass is 10.0. The van der Waals surface area contributed by atoms with E-state index in [0.717, 1.165) is 10.0 Å². The first-order chi connectivity index (χ1) is 15.5. The Balaban J connectivity index is 1.77. The van der Waals surface area contributed by atoms with Gasteiger partial charge in [-0.3, -0.25) is 15.0 Å². The summed E-state index contributed by atoms with van der Waals surface area (Å²) in [4.78, 5) is 25.0. The maximum atomic E-state index is 13.4. The van der Waals surface area contributed by atoms with Gasteiger partial charge in [0.15, 0.2) is 0 Å². The lowest BCUT2D eigenvalue weighted by Crippen LogP contribution is -2.39. The lowest BCUT2D eigenvalue weighted by Gasteiger charge is -2.26. The van der Waals surface area contributed by atoms with Crippen LogP contribution < -0.4 is 14.9 Å². The molecule has 0 aliphatic carbocycles. The number of carbonyl (C=O) groups is 2. The highest BCUT2D eigenvalue weighted by molar-refractivity contribution is 9.10. The number of nitrogens with zero attached hydrogens (tertiary/aromatic N) is 1. The van der Waals surface area contributed by atoms with Gasteiger partial charge in [0, 0.05) is 28.6 Å². The quantitative estimate of drug-likeness (QED) is 0.395. The lowest BCUT2D eigenvalue weighted by molar-refractivity contribution is -0.131. The number of halogens is 1. The van der Waals surface area contributed by atoms with Crippen molar-refractivity contribution >= 4 is 33.5 Å². The number of hydrogen-bond acceptors (Lipinski definition) is 5. The van der Waals surface area contributed by atoms with E-state index in [0.29, 0.717) is 28.3 Å². The molecule has 32 heavy (non-hydrogen) atoms. The molecular formula is C25H21BrN2O4. The van der Waals surface area contributed by atoms with E-state index in [1.165, 1.54) is 6.92 Å². The van der Waals surface area contributed by atoms with Crippen LogP contribution in [-0.2, 0) is 4.79 Å². The van der Waals surface area contributed by atoms with Crippen molar-refractivity contribution in [2.75, 3.05) is 7.11 Å². The molecule has 0 unspecified atom stereocenters. The number of methoxy groups -OCH3 is 1. The van der Waals surface area contributed by atoms with Gasteiger partial charge in [-0.2, -0.15) is 0 Å². The van der Waals surface area contributed by atoms with E-state index >= 15 is 0 Å². The molecular weight excluding hydrogens is 472 g/mol. The molecule has 0 bridgehead atoms. The van der Waals surface area contributed by atoms with Crippen LogP contribution in [0.3, 0.4) is 0 Å². The molecule has 1 amide bonds. The van der Waals surface area contributed by atoms with Gasteiger partial charge in [0.25, 0.3) is 5.91 Å². The van der Waals surface area contributed by atoms with Gasteiger partial charge in [-0.1, -0.05) is 46.3 Å². The topological polar surface area (TPSA) is 67.9 Å². The molecule has 0 saturated heterocycles. The average molecular weight is 493 g/mol. The molecule has 3 aromatic rings.